The number of nitrogens with zero attached hydrogens (tertiary/aromatic N) is 1. The summed E-state index contributed by atoms with van der Waals surface area (Å²) in [5.41, 5.74) is 0.610. The van der Waals surface area contributed by atoms with Gasteiger partial charge in [-0.2, -0.15) is 0 Å². The van der Waals surface area contributed by atoms with Crippen molar-refractivity contribution in [3.63, 3.8) is 0 Å². The minimum absolute atomic E-state index is 0.0521. The van der Waals surface area contributed by atoms with Gasteiger partial charge in [-0.05, 0) is 31.1 Å². The summed E-state index contributed by atoms with van der Waals surface area (Å²) in [6.07, 6.45) is 3.32. The number of carbonyl (C=O) groups excluding carboxylic acids is 3. The number of carbonyl (C=O) groups is 3. The van der Waals surface area contributed by atoms with Crippen molar-refractivity contribution in [2.75, 3.05) is 4.90 Å². The van der Waals surface area contributed by atoms with Crippen LogP contribution in [0.1, 0.15) is 32.6 Å². The number of rotatable bonds is 3. The van der Waals surface area contributed by atoms with Gasteiger partial charge in [0.25, 0.3) is 0 Å². The standard InChI is InChI=1S/C17H17NO3/c1-2-17(12-8-9-14(19)10-12)11-15(20)18(16(17)21)13-6-4-3-5-7-13/h3-7,10H,2,8-9,11H2,1H3/t17-/m0/s1. The van der Waals surface area contributed by atoms with E-state index in [4.69, 9.17) is 0 Å². The first kappa shape index (κ1) is 13.7. The quantitative estimate of drug-likeness (QED) is 0.801. The Labute approximate surface area is 123 Å². The van der Waals surface area contributed by atoms with Crippen LogP contribution in [-0.2, 0) is 14.4 Å². The fourth-order valence-corrected chi connectivity index (χ4v) is 3.31. The van der Waals surface area contributed by atoms with Gasteiger partial charge in [0.2, 0.25) is 11.8 Å². The van der Waals surface area contributed by atoms with Gasteiger partial charge >= 0.3 is 0 Å². The number of allylic oxidation sites excluding steroid dienone is 1. The number of imide groups is 1. The average Bonchev–Trinajstić information content (AvgIpc) is 3.02. The zero-order chi connectivity index (χ0) is 15.0. The van der Waals surface area contributed by atoms with E-state index in [0.29, 0.717) is 24.9 Å². The zero-order valence-electron chi connectivity index (χ0n) is 12.0. The number of hydrogen-bond donors (Lipinski definition) is 0. The number of amides is 2. The van der Waals surface area contributed by atoms with Crippen molar-refractivity contribution >= 4 is 23.3 Å². The molecule has 0 saturated carbocycles. The van der Waals surface area contributed by atoms with Gasteiger partial charge in [-0.25, -0.2) is 4.90 Å². The maximum atomic E-state index is 12.9. The lowest BCUT2D eigenvalue weighted by Crippen LogP contribution is -2.36. The van der Waals surface area contributed by atoms with Gasteiger partial charge in [-0.3, -0.25) is 14.4 Å². The van der Waals surface area contributed by atoms with Gasteiger partial charge in [-0.15, -0.1) is 0 Å². The monoisotopic (exact) mass is 283 g/mol. The Bertz CT molecular complexity index is 647. The maximum absolute atomic E-state index is 12.9. The van der Waals surface area contributed by atoms with Crippen LogP contribution in [0.5, 0.6) is 0 Å². The molecular formula is C17H17NO3. The van der Waals surface area contributed by atoms with Crippen molar-refractivity contribution in [1.29, 1.82) is 0 Å². The third-order valence-corrected chi connectivity index (χ3v) is 4.52. The molecule has 1 atom stereocenters. The Hall–Kier alpha value is -2.23. The molecule has 4 nitrogen and oxygen atoms in total. The lowest BCUT2D eigenvalue weighted by atomic mass is 9.75. The SMILES string of the molecule is CC[C@@]1(C2=CC(=O)CC2)CC(=O)N(c2ccccc2)C1=O. The molecule has 21 heavy (non-hydrogen) atoms. The number of hydrogen-bond acceptors (Lipinski definition) is 3. The summed E-state index contributed by atoms with van der Waals surface area (Å²) >= 11 is 0. The van der Waals surface area contributed by atoms with Gasteiger partial charge in [-0.1, -0.05) is 30.7 Å². The third-order valence-electron chi connectivity index (χ3n) is 4.52. The van der Waals surface area contributed by atoms with Crippen LogP contribution in [0.2, 0.25) is 0 Å². The normalized spacial score (nSPS) is 25.7. The highest BCUT2D eigenvalue weighted by molar-refractivity contribution is 6.24. The second kappa shape index (κ2) is 4.95. The first-order valence-corrected chi connectivity index (χ1v) is 7.25. The van der Waals surface area contributed by atoms with Crippen molar-refractivity contribution in [1.82, 2.24) is 0 Å². The van der Waals surface area contributed by atoms with E-state index in [1.54, 1.807) is 30.3 Å². The fourth-order valence-electron chi connectivity index (χ4n) is 3.31. The molecule has 1 aliphatic heterocycles. The number of anilines is 1. The van der Waals surface area contributed by atoms with Crippen LogP contribution in [0.15, 0.2) is 42.0 Å². The maximum Gasteiger partial charge on any atom is 0.244 e. The van der Waals surface area contributed by atoms with Crippen molar-refractivity contribution in [2.24, 2.45) is 5.41 Å². The summed E-state index contributed by atoms with van der Waals surface area (Å²) in [4.78, 5) is 38.1. The van der Waals surface area contributed by atoms with Crippen molar-refractivity contribution in [3.05, 3.63) is 42.0 Å². The summed E-state index contributed by atoms with van der Waals surface area (Å²) in [6.45, 7) is 1.91. The Kier molecular flexibility index (Phi) is 3.24. The highest BCUT2D eigenvalue weighted by atomic mass is 16.2. The largest absolute Gasteiger partial charge is 0.295 e. The van der Waals surface area contributed by atoms with E-state index in [1.165, 1.54) is 4.90 Å². The van der Waals surface area contributed by atoms with E-state index in [2.05, 4.69) is 0 Å². The van der Waals surface area contributed by atoms with Crippen LogP contribution in [0.4, 0.5) is 5.69 Å². The molecule has 1 fully saturated rings. The summed E-state index contributed by atoms with van der Waals surface area (Å²) in [6, 6.07) is 8.98. The topological polar surface area (TPSA) is 54.5 Å². The molecule has 108 valence electrons. The van der Waals surface area contributed by atoms with Crippen LogP contribution in [0.25, 0.3) is 0 Å². The molecule has 0 bridgehead atoms. The van der Waals surface area contributed by atoms with Crippen LogP contribution in [0.3, 0.4) is 0 Å². The minimum atomic E-state index is -0.820. The predicted molar refractivity (Wildman–Crippen MR) is 78.6 cm³/mol. The number of para-hydroxylation sites is 1. The Balaban J connectivity index is 2.02. The number of ketones is 1. The van der Waals surface area contributed by atoms with Crippen molar-refractivity contribution in [3.8, 4) is 0 Å². The van der Waals surface area contributed by atoms with Crippen LogP contribution in [-0.4, -0.2) is 17.6 Å². The second-order valence-electron chi connectivity index (χ2n) is 5.62. The molecule has 0 spiro atoms. The molecule has 1 heterocycles. The third kappa shape index (κ3) is 2.02. The molecule has 3 rings (SSSR count). The Morgan fingerprint density at radius 2 is 1.81 bits per heavy atom. The molecule has 1 aromatic carbocycles. The molecule has 0 aromatic heterocycles. The smallest absolute Gasteiger partial charge is 0.244 e. The molecular weight excluding hydrogens is 266 g/mol. The molecule has 4 heteroatoms. The molecule has 1 aromatic rings. The van der Waals surface area contributed by atoms with Gasteiger partial charge in [0.15, 0.2) is 5.78 Å². The van der Waals surface area contributed by atoms with E-state index >= 15 is 0 Å². The van der Waals surface area contributed by atoms with Crippen molar-refractivity contribution < 1.29 is 14.4 Å². The zero-order valence-corrected chi connectivity index (χ0v) is 12.0. The van der Waals surface area contributed by atoms with Gasteiger partial charge in [0.05, 0.1) is 11.1 Å². The highest BCUT2D eigenvalue weighted by Gasteiger charge is 2.53. The van der Waals surface area contributed by atoms with E-state index in [9.17, 15) is 14.4 Å². The highest BCUT2D eigenvalue weighted by Crippen LogP contribution is 2.47. The van der Waals surface area contributed by atoms with Crippen LogP contribution >= 0.6 is 0 Å². The molecule has 2 amide bonds. The fraction of sp³-hybridized carbons (Fsp3) is 0.353. The molecule has 1 aliphatic carbocycles. The van der Waals surface area contributed by atoms with E-state index in [0.717, 1.165) is 5.57 Å². The predicted octanol–water partition coefficient (Wildman–Crippen LogP) is 2.64. The summed E-state index contributed by atoms with van der Waals surface area (Å²) in [7, 11) is 0. The summed E-state index contributed by atoms with van der Waals surface area (Å²) < 4.78 is 0. The Morgan fingerprint density at radius 1 is 1.10 bits per heavy atom. The first-order valence-electron chi connectivity index (χ1n) is 7.25. The molecule has 0 unspecified atom stereocenters. The molecule has 0 radical (unpaired) electrons. The summed E-state index contributed by atoms with van der Waals surface area (Å²) in [5, 5.41) is 0. The Morgan fingerprint density at radius 3 is 2.38 bits per heavy atom. The van der Waals surface area contributed by atoms with Gasteiger partial charge < -0.3 is 0 Å². The van der Waals surface area contributed by atoms with E-state index < -0.39 is 5.41 Å². The summed E-state index contributed by atoms with van der Waals surface area (Å²) in [5.74, 6) is -0.327. The first-order chi connectivity index (χ1) is 10.1. The van der Waals surface area contributed by atoms with Crippen LogP contribution < -0.4 is 4.90 Å². The molecule has 2 aliphatic rings. The lowest BCUT2D eigenvalue weighted by molar-refractivity contribution is -0.124. The van der Waals surface area contributed by atoms with Gasteiger partial charge in [0.1, 0.15) is 0 Å². The second-order valence-corrected chi connectivity index (χ2v) is 5.62. The lowest BCUT2D eigenvalue weighted by Gasteiger charge is -2.26. The average molecular weight is 283 g/mol. The number of benzene rings is 1. The van der Waals surface area contributed by atoms with Crippen molar-refractivity contribution in [2.45, 2.75) is 32.6 Å². The van der Waals surface area contributed by atoms with E-state index in [1.807, 2.05) is 13.0 Å². The van der Waals surface area contributed by atoms with Gasteiger partial charge in [0, 0.05) is 12.8 Å². The molecule has 0 N–H and O–H groups in total. The van der Waals surface area contributed by atoms with Crippen LogP contribution in [0, 0.1) is 5.41 Å². The van der Waals surface area contributed by atoms with E-state index in [-0.39, 0.29) is 24.0 Å². The molecule has 1 saturated heterocycles. The minimum Gasteiger partial charge on any atom is -0.295 e.